The Bertz CT molecular complexity index is 413. The van der Waals surface area contributed by atoms with Gasteiger partial charge in [-0.2, -0.15) is 0 Å². The van der Waals surface area contributed by atoms with Crippen LogP contribution in [0, 0.1) is 5.41 Å². The van der Waals surface area contributed by atoms with E-state index in [0.717, 1.165) is 12.8 Å². The van der Waals surface area contributed by atoms with E-state index < -0.39 is 5.91 Å². The molecule has 92 valence electrons. The number of hydrogen-bond donors (Lipinski definition) is 2. The molecule has 1 fully saturated rings. The van der Waals surface area contributed by atoms with E-state index in [0.29, 0.717) is 17.3 Å². The van der Waals surface area contributed by atoms with Crippen LogP contribution in [0.1, 0.15) is 43.6 Å². The summed E-state index contributed by atoms with van der Waals surface area (Å²) in [4.78, 5) is 10.8. The first-order valence-corrected chi connectivity index (χ1v) is 5.86. The summed E-state index contributed by atoms with van der Waals surface area (Å²) in [5, 5.41) is 11.1. The molecular formula is C12H18N4O. The minimum atomic E-state index is -0.550. The van der Waals surface area contributed by atoms with Crippen LogP contribution in [0.3, 0.4) is 0 Å². The summed E-state index contributed by atoms with van der Waals surface area (Å²) in [5.41, 5.74) is 5.70. The predicted octanol–water partition coefficient (Wildman–Crippen LogP) is 1.57. The van der Waals surface area contributed by atoms with Crippen molar-refractivity contribution < 1.29 is 4.79 Å². The summed E-state index contributed by atoms with van der Waals surface area (Å²) < 4.78 is 0. The number of amides is 1. The van der Waals surface area contributed by atoms with E-state index in [1.54, 1.807) is 12.1 Å². The Morgan fingerprint density at radius 1 is 1.47 bits per heavy atom. The Balaban J connectivity index is 1.98. The van der Waals surface area contributed by atoms with Crippen LogP contribution in [0.15, 0.2) is 12.1 Å². The lowest BCUT2D eigenvalue weighted by atomic mass is 9.92. The van der Waals surface area contributed by atoms with Crippen LogP contribution in [0.4, 0.5) is 5.82 Å². The Morgan fingerprint density at radius 3 is 2.71 bits per heavy atom. The van der Waals surface area contributed by atoms with E-state index in [1.807, 2.05) is 0 Å². The Kier molecular flexibility index (Phi) is 3.00. The SMILES string of the molecule is CC1(C)CCC(Nc2ccc(C(N)=O)nn2)C1. The monoisotopic (exact) mass is 234 g/mol. The lowest BCUT2D eigenvalue weighted by Crippen LogP contribution is -2.19. The zero-order valence-corrected chi connectivity index (χ0v) is 10.2. The second-order valence-corrected chi connectivity index (χ2v) is 5.42. The van der Waals surface area contributed by atoms with Gasteiger partial charge in [0.1, 0.15) is 5.82 Å². The second kappa shape index (κ2) is 4.31. The maximum Gasteiger partial charge on any atom is 0.269 e. The highest BCUT2D eigenvalue weighted by Crippen LogP contribution is 2.37. The van der Waals surface area contributed by atoms with Gasteiger partial charge in [-0.25, -0.2) is 0 Å². The number of carbonyl (C=O) groups is 1. The van der Waals surface area contributed by atoms with Gasteiger partial charge in [-0.15, -0.1) is 10.2 Å². The van der Waals surface area contributed by atoms with E-state index in [9.17, 15) is 4.79 Å². The van der Waals surface area contributed by atoms with Crippen LogP contribution in [0.2, 0.25) is 0 Å². The molecule has 1 atom stereocenters. The fourth-order valence-electron chi connectivity index (χ4n) is 2.31. The first-order valence-electron chi connectivity index (χ1n) is 5.86. The van der Waals surface area contributed by atoms with Gasteiger partial charge in [-0.05, 0) is 36.8 Å². The average molecular weight is 234 g/mol. The molecular weight excluding hydrogens is 216 g/mol. The fourth-order valence-corrected chi connectivity index (χ4v) is 2.31. The van der Waals surface area contributed by atoms with Gasteiger partial charge in [-0.3, -0.25) is 4.79 Å². The summed E-state index contributed by atoms with van der Waals surface area (Å²) in [7, 11) is 0. The van der Waals surface area contributed by atoms with Gasteiger partial charge >= 0.3 is 0 Å². The van der Waals surface area contributed by atoms with Crippen LogP contribution >= 0.6 is 0 Å². The summed E-state index contributed by atoms with van der Waals surface area (Å²) in [6.45, 7) is 4.55. The van der Waals surface area contributed by atoms with Gasteiger partial charge in [-0.1, -0.05) is 13.8 Å². The van der Waals surface area contributed by atoms with Crippen molar-refractivity contribution in [2.75, 3.05) is 5.32 Å². The van der Waals surface area contributed by atoms with Crippen molar-refractivity contribution in [3.8, 4) is 0 Å². The minimum absolute atomic E-state index is 0.197. The molecule has 1 amide bonds. The first kappa shape index (κ1) is 11.8. The molecule has 1 unspecified atom stereocenters. The Labute approximate surface area is 101 Å². The third-order valence-electron chi connectivity index (χ3n) is 3.24. The minimum Gasteiger partial charge on any atom is -0.366 e. The van der Waals surface area contributed by atoms with Crippen LogP contribution in [0.25, 0.3) is 0 Å². The van der Waals surface area contributed by atoms with E-state index in [4.69, 9.17) is 5.73 Å². The molecule has 0 bridgehead atoms. The second-order valence-electron chi connectivity index (χ2n) is 5.42. The summed E-state index contributed by atoms with van der Waals surface area (Å²) in [6, 6.07) is 3.79. The standard InChI is InChI=1S/C12H18N4O/c1-12(2)6-5-8(7-12)14-10-4-3-9(11(13)17)15-16-10/h3-4,8H,5-7H2,1-2H3,(H2,13,17)(H,14,16). The molecule has 1 aromatic rings. The van der Waals surface area contributed by atoms with E-state index in [1.165, 1.54) is 6.42 Å². The maximum absolute atomic E-state index is 10.8. The lowest BCUT2D eigenvalue weighted by molar-refractivity contribution is 0.0994. The average Bonchev–Trinajstić information content (AvgIpc) is 2.59. The zero-order valence-electron chi connectivity index (χ0n) is 10.2. The molecule has 1 aliphatic carbocycles. The third-order valence-corrected chi connectivity index (χ3v) is 3.24. The van der Waals surface area contributed by atoms with Gasteiger partial charge in [0, 0.05) is 6.04 Å². The maximum atomic E-state index is 10.8. The summed E-state index contributed by atoms with van der Waals surface area (Å²) in [6.07, 6.45) is 3.50. The quantitative estimate of drug-likeness (QED) is 0.831. The lowest BCUT2D eigenvalue weighted by Gasteiger charge is -2.17. The number of rotatable bonds is 3. The van der Waals surface area contributed by atoms with Crippen molar-refractivity contribution in [3.05, 3.63) is 17.8 Å². The summed E-state index contributed by atoms with van der Waals surface area (Å²) in [5.74, 6) is 0.156. The fraction of sp³-hybridized carbons (Fsp3) is 0.583. The largest absolute Gasteiger partial charge is 0.366 e. The number of anilines is 1. The predicted molar refractivity (Wildman–Crippen MR) is 65.6 cm³/mol. The van der Waals surface area contributed by atoms with E-state index in [2.05, 4.69) is 29.4 Å². The molecule has 5 nitrogen and oxygen atoms in total. The van der Waals surface area contributed by atoms with Crippen LogP contribution < -0.4 is 11.1 Å². The number of primary amides is 1. The highest BCUT2D eigenvalue weighted by Gasteiger charge is 2.30. The Hall–Kier alpha value is -1.65. The zero-order chi connectivity index (χ0) is 12.5. The van der Waals surface area contributed by atoms with Gasteiger partial charge in [0.2, 0.25) is 0 Å². The van der Waals surface area contributed by atoms with Crippen molar-refractivity contribution in [3.63, 3.8) is 0 Å². The molecule has 1 aliphatic rings. The number of nitrogens with zero attached hydrogens (tertiary/aromatic N) is 2. The molecule has 0 spiro atoms. The van der Waals surface area contributed by atoms with Crippen molar-refractivity contribution in [1.82, 2.24) is 10.2 Å². The smallest absolute Gasteiger partial charge is 0.269 e. The number of nitrogens with two attached hydrogens (primary N) is 1. The van der Waals surface area contributed by atoms with E-state index >= 15 is 0 Å². The van der Waals surface area contributed by atoms with Crippen LogP contribution in [0.5, 0.6) is 0 Å². The molecule has 17 heavy (non-hydrogen) atoms. The highest BCUT2D eigenvalue weighted by molar-refractivity contribution is 5.90. The van der Waals surface area contributed by atoms with E-state index in [-0.39, 0.29) is 5.69 Å². The highest BCUT2D eigenvalue weighted by atomic mass is 16.1. The number of carbonyl (C=O) groups excluding carboxylic acids is 1. The molecule has 1 saturated carbocycles. The first-order chi connectivity index (χ1) is 7.96. The van der Waals surface area contributed by atoms with Crippen LogP contribution in [-0.2, 0) is 0 Å². The molecule has 1 heterocycles. The van der Waals surface area contributed by atoms with Gasteiger partial charge in [0.15, 0.2) is 5.69 Å². The van der Waals surface area contributed by atoms with Crippen molar-refractivity contribution in [2.45, 2.75) is 39.2 Å². The normalized spacial score (nSPS) is 22.4. The van der Waals surface area contributed by atoms with Gasteiger partial charge in [0.25, 0.3) is 5.91 Å². The van der Waals surface area contributed by atoms with Gasteiger partial charge in [0.05, 0.1) is 0 Å². The molecule has 1 aromatic heterocycles. The van der Waals surface area contributed by atoms with Gasteiger partial charge < -0.3 is 11.1 Å². The number of nitrogens with one attached hydrogen (secondary N) is 1. The molecule has 2 rings (SSSR count). The summed E-state index contributed by atoms with van der Waals surface area (Å²) >= 11 is 0. The van der Waals surface area contributed by atoms with Crippen molar-refractivity contribution in [1.29, 1.82) is 0 Å². The molecule has 0 saturated heterocycles. The molecule has 5 heteroatoms. The van der Waals surface area contributed by atoms with Crippen molar-refractivity contribution >= 4 is 11.7 Å². The van der Waals surface area contributed by atoms with Crippen molar-refractivity contribution in [2.24, 2.45) is 11.1 Å². The molecule has 0 aromatic carbocycles. The number of hydrogen-bond acceptors (Lipinski definition) is 4. The number of aromatic nitrogens is 2. The molecule has 0 aliphatic heterocycles. The Morgan fingerprint density at radius 2 is 2.24 bits per heavy atom. The third kappa shape index (κ3) is 2.93. The molecule has 3 N–H and O–H groups in total. The molecule has 0 radical (unpaired) electrons. The topological polar surface area (TPSA) is 80.9 Å². The van der Waals surface area contributed by atoms with Crippen LogP contribution in [-0.4, -0.2) is 22.1 Å².